The molecule has 0 bridgehead atoms. The number of likely N-dealkylation sites (tertiary alicyclic amines) is 1. The van der Waals surface area contributed by atoms with Crippen LogP contribution in [0.1, 0.15) is 69.0 Å². The number of ketones is 1. The molecular formula is C27H30FN5O3. The third-order valence-electron chi connectivity index (χ3n) is 6.30. The number of halogens is 1. The van der Waals surface area contributed by atoms with Crippen molar-refractivity contribution in [3.63, 3.8) is 0 Å². The Bertz CT molecular complexity index is 1230. The Balaban J connectivity index is 1.34. The Labute approximate surface area is 209 Å². The normalized spacial score (nSPS) is 13.8. The third kappa shape index (κ3) is 6.42. The number of carbonyl (C=O) groups is 3. The number of aromatic amines is 1. The van der Waals surface area contributed by atoms with Crippen LogP contribution in [0.3, 0.4) is 0 Å². The fraction of sp³-hybridized carbons (Fsp3) is 0.333. The maximum atomic E-state index is 13.1. The lowest BCUT2D eigenvalue weighted by atomic mass is 10.1. The Morgan fingerprint density at radius 1 is 1.00 bits per heavy atom. The molecule has 0 unspecified atom stereocenters. The van der Waals surface area contributed by atoms with Crippen LogP contribution in [0.2, 0.25) is 0 Å². The molecule has 1 saturated heterocycles. The highest BCUT2D eigenvalue weighted by Crippen LogP contribution is 2.22. The molecule has 36 heavy (non-hydrogen) atoms. The van der Waals surface area contributed by atoms with Crippen LogP contribution in [-0.4, -0.2) is 52.1 Å². The number of imidazole rings is 1. The summed E-state index contributed by atoms with van der Waals surface area (Å²) in [5, 5.41) is 5.56. The monoisotopic (exact) mass is 491 g/mol. The zero-order valence-electron chi connectivity index (χ0n) is 20.3. The summed E-state index contributed by atoms with van der Waals surface area (Å²) in [7, 11) is 0. The number of Topliss-reactive ketones (excluding diaryl/α,β-unsaturated/α-hetero) is 1. The van der Waals surface area contributed by atoms with E-state index in [9.17, 15) is 18.8 Å². The van der Waals surface area contributed by atoms with E-state index in [1.165, 1.54) is 49.9 Å². The summed E-state index contributed by atoms with van der Waals surface area (Å²) in [5.41, 5.74) is 2.40. The molecule has 3 N–H and O–H groups in total. The van der Waals surface area contributed by atoms with Crippen LogP contribution in [0.15, 0.2) is 48.8 Å². The van der Waals surface area contributed by atoms with Gasteiger partial charge in [0.1, 0.15) is 17.2 Å². The SMILES string of the molecule is Cc1cc(NC(=O)c2[nH]cnc2C(=O)CCCN2CCCCC2)ccc1NC(=O)c1ccc(F)cc1. The van der Waals surface area contributed by atoms with Crippen molar-refractivity contribution in [1.82, 2.24) is 14.9 Å². The van der Waals surface area contributed by atoms with E-state index >= 15 is 0 Å². The average Bonchev–Trinajstić information content (AvgIpc) is 3.37. The van der Waals surface area contributed by atoms with Crippen molar-refractivity contribution in [2.45, 2.75) is 39.0 Å². The van der Waals surface area contributed by atoms with Crippen molar-refractivity contribution in [2.24, 2.45) is 0 Å². The quantitative estimate of drug-likeness (QED) is 0.373. The Hall–Kier alpha value is -3.85. The molecule has 0 spiro atoms. The van der Waals surface area contributed by atoms with Crippen molar-refractivity contribution < 1.29 is 18.8 Å². The predicted octanol–water partition coefficient (Wildman–Crippen LogP) is 4.81. The van der Waals surface area contributed by atoms with Gasteiger partial charge in [-0.2, -0.15) is 0 Å². The molecule has 188 valence electrons. The second-order valence-electron chi connectivity index (χ2n) is 9.00. The van der Waals surface area contributed by atoms with Crippen LogP contribution >= 0.6 is 0 Å². The highest BCUT2D eigenvalue weighted by atomic mass is 19.1. The fourth-order valence-electron chi connectivity index (χ4n) is 4.31. The summed E-state index contributed by atoms with van der Waals surface area (Å²) in [5.74, 6) is -1.40. The number of nitrogens with zero attached hydrogens (tertiary/aromatic N) is 2. The standard InChI is InChI=1S/C27H30FN5O3/c1-18-16-21(11-12-22(18)32-26(35)19-7-9-20(28)10-8-19)31-27(36)25-24(29-17-30-25)23(34)6-5-15-33-13-3-2-4-14-33/h7-12,16-17H,2-6,13-15H2,1H3,(H,29,30)(H,31,36)(H,32,35). The highest BCUT2D eigenvalue weighted by Gasteiger charge is 2.21. The molecule has 1 aromatic heterocycles. The first-order valence-corrected chi connectivity index (χ1v) is 12.2. The molecule has 1 fully saturated rings. The fourth-order valence-corrected chi connectivity index (χ4v) is 4.31. The Kier molecular flexibility index (Phi) is 8.22. The van der Waals surface area contributed by atoms with E-state index in [1.807, 2.05) is 0 Å². The van der Waals surface area contributed by atoms with E-state index in [0.717, 1.165) is 31.6 Å². The molecule has 1 aliphatic heterocycles. The predicted molar refractivity (Wildman–Crippen MR) is 136 cm³/mol. The summed E-state index contributed by atoms with van der Waals surface area (Å²) in [6.45, 7) is 4.83. The molecule has 9 heteroatoms. The number of amides is 2. The van der Waals surface area contributed by atoms with Crippen LogP contribution in [0.4, 0.5) is 15.8 Å². The molecule has 4 rings (SSSR count). The van der Waals surface area contributed by atoms with Gasteiger partial charge in [-0.25, -0.2) is 9.37 Å². The van der Waals surface area contributed by atoms with Crippen molar-refractivity contribution in [3.05, 3.63) is 77.1 Å². The van der Waals surface area contributed by atoms with E-state index in [0.29, 0.717) is 23.4 Å². The van der Waals surface area contributed by atoms with Gasteiger partial charge < -0.3 is 20.5 Å². The number of hydrogen-bond acceptors (Lipinski definition) is 5. The number of piperidine rings is 1. The maximum absolute atomic E-state index is 13.1. The maximum Gasteiger partial charge on any atom is 0.274 e. The van der Waals surface area contributed by atoms with Gasteiger partial charge in [0.25, 0.3) is 11.8 Å². The third-order valence-corrected chi connectivity index (χ3v) is 6.30. The van der Waals surface area contributed by atoms with Gasteiger partial charge in [-0.15, -0.1) is 0 Å². The highest BCUT2D eigenvalue weighted by molar-refractivity contribution is 6.11. The molecule has 1 aliphatic rings. The second-order valence-corrected chi connectivity index (χ2v) is 9.00. The average molecular weight is 492 g/mol. The van der Waals surface area contributed by atoms with Gasteiger partial charge in [-0.3, -0.25) is 14.4 Å². The smallest absolute Gasteiger partial charge is 0.274 e. The first kappa shape index (κ1) is 25.2. The van der Waals surface area contributed by atoms with Gasteiger partial charge in [0.2, 0.25) is 0 Å². The molecular weight excluding hydrogens is 461 g/mol. The lowest BCUT2D eigenvalue weighted by molar-refractivity contribution is 0.0952. The largest absolute Gasteiger partial charge is 0.340 e. The summed E-state index contributed by atoms with van der Waals surface area (Å²) >= 11 is 0. The van der Waals surface area contributed by atoms with Crippen LogP contribution < -0.4 is 10.6 Å². The van der Waals surface area contributed by atoms with Gasteiger partial charge in [0, 0.05) is 23.4 Å². The lowest BCUT2D eigenvalue weighted by Gasteiger charge is -2.26. The van der Waals surface area contributed by atoms with Crippen LogP contribution in [0.5, 0.6) is 0 Å². The minimum atomic E-state index is -0.464. The summed E-state index contributed by atoms with van der Waals surface area (Å²) in [6.07, 6.45) is 6.11. The molecule has 2 amide bonds. The first-order valence-electron chi connectivity index (χ1n) is 12.2. The number of carbonyl (C=O) groups excluding carboxylic acids is 3. The summed E-state index contributed by atoms with van der Waals surface area (Å²) in [6, 6.07) is 10.3. The van der Waals surface area contributed by atoms with Crippen LogP contribution in [0, 0.1) is 12.7 Å². The molecule has 2 aromatic carbocycles. The van der Waals surface area contributed by atoms with E-state index in [-0.39, 0.29) is 23.1 Å². The van der Waals surface area contributed by atoms with Crippen molar-refractivity contribution in [3.8, 4) is 0 Å². The topological polar surface area (TPSA) is 107 Å². The first-order chi connectivity index (χ1) is 17.4. The van der Waals surface area contributed by atoms with Crippen molar-refractivity contribution >= 4 is 29.0 Å². The minimum Gasteiger partial charge on any atom is -0.340 e. The number of aromatic nitrogens is 2. The van der Waals surface area contributed by atoms with Gasteiger partial charge in [0.05, 0.1) is 6.33 Å². The molecule has 0 atom stereocenters. The van der Waals surface area contributed by atoms with E-state index in [1.54, 1.807) is 25.1 Å². The van der Waals surface area contributed by atoms with E-state index < -0.39 is 11.7 Å². The van der Waals surface area contributed by atoms with Gasteiger partial charge in [-0.05, 0) is 93.8 Å². The number of benzene rings is 2. The van der Waals surface area contributed by atoms with Gasteiger partial charge in [0.15, 0.2) is 5.78 Å². The van der Waals surface area contributed by atoms with Crippen LogP contribution in [0.25, 0.3) is 0 Å². The van der Waals surface area contributed by atoms with E-state index in [2.05, 4.69) is 25.5 Å². The number of nitrogens with one attached hydrogen (secondary N) is 3. The number of aryl methyl sites for hydroxylation is 1. The Morgan fingerprint density at radius 3 is 2.47 bits per heavy atom. The molecule has 3 aromatic rings. The number of anilines is 2. The number of H-pyrrole nitrogens is 1. The molecule has 0 radical (unpaired) electrons. The van der Waals surface area contributed by atoms with Crippen molar-refractivity contribution in [1.29, 1.82) is 0 Å². The summed E-state index contributed by atoms with van der Waals surface area (Å²) < 4.78 is 13.1. The van der Waals surface area contributed by atoms with Crippen LogP contribution in [-0.2, 0) is 0 Å². The minimum absolute atomic E-state index is 0.129. The zero-order valence-corrected chi connectivity index (χ0v) is 20.3. The van der Waals surface area contributed by atoms with Gasteiger partial charge >= 0.3 is 0 Å². The molecule has 0 saturated carbocycles. The second kappa shape index (κ2) is 11.7. The summed E-state index contributed by atoms with van der Waals surface area (Å²) in [4.78, 5) is 47.3. The molecule has 2 heterocycles. The molecule has 8 nitrogen and oxygen atoms in total. The van der Waals surface area contributed by atoms with Gasteiger partial charge in [-0.1, -0.05) is 6.42 Å². The molecule has 0 aliphatic carbocycles. The lowest BCUT2D eigenvalue weighted by Crippen LogP contribution is -2.30. The Morgan fingerprint density at radius 2 is 1.75 bits per heavy atom. The van der Waals surface area contributed by atoms with E-state index in [4.69, 9.17) is 0 Å². The van der Waals surface area contributed by atoms with Crippen molar-refractivity contribution in [2.75, 3.05) is 30.3 Å². The number of hydrogen-bond donors (Lipinski definition) is 3. The number of rotatable bonds is 9. The zero-order chi connectivity index (χ0) is 25.5.